The van der Waals surface area contributed by atoms with Gasteiger partial charge < -0.3 is 4.42 Å². The molecule has 0 saturated carbocycles. The van der Waals surface area contributed by atoms with Crippen molar-refractivity contribution in [3.8, 4) is 10.4 Å². The van der Waals surface area contributed by atoms with Crippen LogP contribution < -0.4 is 5.43 Å². The van der Waals surface area contributed by atoms with Crippen molar-refractivity contribution in [3.63, 3.8) is 0 Å². The summed E-state index contributed by atoms with van der Waals surface area (Å²) in [6.07, 6.45) is 1.55. The summed E-state index contributed by atoms with van der Waals surface area (Å²) in [6, 6.07) is 11.3. The van der Waals surface area contributed by atoms with Crippen molar-refractivity contribution in [3.05, 3.63) is 57.8 Å². The summed E-state index contributed by atoms with van der Waals surface area (Å²) in [5.74, 6) is 0. The number of rotatable bonds is 1. The molecule has 2 nitrogen and oxygen atoms in total. The fourth-order valence-electron chi connectivity index (χ4n) is 1.83. The van der Waals surface area contributed by atoms with Crippen molar-refractivity contribution in [2.45, 2.75) is 6.92 Å². The van der Waals surface area contributed by atoms with Gasteiger partial charge in [-0.3, -0.25) is 4.79 Å². The van der Waals surface area contributed by atoms with E-state index in [-0.39, 0.29) is 5.43 Å². The standard InChI is InChI=1S/C14H10O2S/c1-9-6-7-13(17-9)11-8-16-12-5-3-2-4-10(12)14(11)15/h2-8H,1H3. The van der Waals surface area contributed by atoms with Crippen molar-refractivity contribution in [1.29, 1.82) is 0 Å². The minimum Gasteiger partial charge on any atom is -0.463 e. The van der Waals surface area contributed by atoms with E-state index in [1.807, 2.05) is 31.2 Å². The van der Waals surface area contributed by atoms with E-state index in [2.05, 4.69) is 0 Å². The molecule has 0 spiro atoms. The largest absolute Gasteiger partial charge is 0.463 e. The van der Waals surface area contributed by atoms with Crippen molar-refractivity contribution in [2.24, 2.45) is 0 Å². The Hall–Kier alpha value is -1.87. The van der Waals surface area contributed by atoms with Gasteiger partial charge in [0.25, 0.3) is 0 Å². The van der Waals surface area contributed by atoms with Crippen LogP contribution in [-0.2, 0) is 0 Å². The first-order valence-corrected chi connectivity index (χ1v) is 6.15. The molecule has 2 aromatic heterocycles. The molecule has 0 atom stereocenters. The van der Waals surface area contributed by atoms with Crippen LogP contribution in [0.4, 0.5) is 0 Å². The van der Waals surface area contributed by atoms with Gasteiger partial charge in [-0.15, -0.1) is 11.3 Å². The maximum absolute atomic E-state index is 12.3. The van der Waals surface area contributed by atoms with E-state index in [4.69, 9.17) is 4.42 Å². The molecule has 0 aliphatic carbocycles. The first-order valence-electron chi connectivity index (χ1n) is 5.33. The molecule has 0 aliphatic heterocycles. The molecule has 17 heavy (non-hydrogen) atoms. The summed E-state index contributed by atoms with van der Waals surface area (Å²) in [5, 5.41) is 0.635. The molecule has 0 saturated heterocycles. The smallest absolute Gasteiger partial charge is 0.201 e. The molecule has 0 amide bonds. The second kappa shape index (κ2) is 3.86. The summed E-state index contributed by atoms with van der Waals surface area (Å²) < 4.78 is 5.49. The summed E-state index contributed by atoms with van der Waals surface area (Å²) >= 11 is 1.60. The predicted molar refractivity (Wildman–Crippen MR) is 70.5 cm³/mol. The van der Waals surface area contributed by atoms with Gasteiger partial charge in [-0.1, -0.05) is 12.1 Å². The van der Waals surface area contributed by atoms with Gasteiger partial charge in [0, 0.05) is 9.75 Å². The molecule has 84 valence electrons. The van der Waals surface area contributed by atoms with Crippen LogP contribution in [0.2, 0.25) is 0 Å². The van der Waals surface area contributed by atoms with Gasteiger partial charge in [0.05, 0.1) is 10.9 Å². The zero-order valence-electron chi connectivity index (χ0n) is 9.27. The molecule has 0 unspecified atom stereocenters. The van der Waals surface area contributed by atoms with E-state index >= 15 is 0 Å². The summed E-state index contributed by atoms with van der Waals surface area (Å²) in [7, 11) is 0. The Morgan fingerprint density at radius 2 is 1.94 bits per heavy atom. The normalized spacial score (nSPS) is 10.9. The van der Waals surface area contributed by atoms with Gasteiger partial charge in [0.1, 0.15) is 11.8 Å². The molecule has 2 heterocycles. The maximum atomic E-state index is 12.3. The van der Waals surface area contributed by atoms with Crippen molar-refractivity contribution in [1.82, 2.24) is 0 Å². The SMILES string of the molecule is Cc1ccc(-c2coc3ccccc3c2=O)s1. The van der Waals surface area contributed by atoms with E-state index in [1.54, 1.807) is 29.7 Å². The zero-order valence-corrected chi connectivity index (χ0v) is 10.1. The van der Waals surface area contributed by atoms with Crippen molar-refractivity contribution >= 4 is 22.3 Å². The van der Waals surface area contributed by atoms with Crippen LogP contribution >= 0.6 is 11.3 Å². The highest BCUT2D eigenvalue weighted by molar-refractivity contribution is 7.15. The van der Waals surface area contributed by atoms with Gasteiger partial charge >= 0.3 is 0 Å². The molecule has 1 aromatic carbocycles. The molecule has 0 N–H and O–H groups in total. The number of benzene rings is 1. The van der Waals surface area contributed by atoms with Gasteiger partial charge in [-0.05, 0) is 31.2 Å². The van der Waals surface area contributed by atoms with Gasteiger partial charge in [0.15, 0.2) is 0 Å². The van der Waals surface area contributed by atoms with Crippen LogP contribution in [0.3, 0.4) is 0 Å². The van der Waals surface area contributed by atoms with E-state index in [0.29, 0.717) is 16.5 Å². The number of para-hydroxylation sites is 1. The second-order valence-corrected chi connectivity index (χ2v) is 5.17. The predicted octanol–water partition coefficient (Wildman–Crippen LogP) is 3.83. The molecule has 3 heteroatoms. The Balaban J connectivity index is 2.32. The topological polar surface area (TPSA) is 30.2 Å². The van der Waals surface area contributed by atoms with Gasteiger partial charge in [-0.2, -0.15) is 0 Å². The first-order chi connectivity index (χ1) is 8.25. The molecular weight excluding hydrogens is 232 g/mol. The van der Waals surface area contributed by atoms with Gasteiger partial charge in [0.2, 0.25) is 5.43 Å². The lowest BCUT2D eigenvalue weighted by atomic mass is 10.1. The monoisotopic (exact) mass is 242 g/mol. The van der Waals surface area contributed by atoms with Crippen LogP contribution in [0.1, 0.15) is 4.88 Å². The molecule has 3 rings (SSSR count). The Morgan fingerprint density at radius 1 is 1.12 bits per heavy atom. The van der Waals surface area contributed by atoms with E-state index in [1.165, 1.54) is 4.88 Å². The Labute approximate surface area is 102 Å². The number of aryl methyl sites for hydroxylation is 1. The lowest BCUT2D eigenvalue weighted by molar-refractivity contribution is 0.605. The Kier molecular flexibility index (Phi) is 2.34. The van der Waals surface area contributed by atoms with Crippen LogP contribution in [0.5, 0.6) is 0 Å². The van der Waals surface area contributed by atoms with Crippen LogP contribution in [0.25, 0.3) is 21.4 Å². The number of hydrogen-bond donors (Lipinski definition) is 0. The summed E-state index contributed by atoms with van der Waals surface area (Å²) in [5.41, 5.74) is 1.31. The van der Waals surface area contributed by atoms with E-state index in [9.17, 15) is 4.79 Å². The maximum Gasteiger partial charge on any atom is 0.201 e. The third-order valence-electron chi connectivity index (χ3n) is 2.69. The fraction of sp³-hybridized carbons (Fsp3) is 0.0714. The highest BCUT2D eigenvalue weighted by Crippen LogP contribution is 2.26. The van der Waals surface area contributed by atoms with Crippen molar-refractivity contribution < 1.29 is 4.42 Å². The lowest BCUT2D eigenvalue weighted by Gasteiger charge is -1.99. The molecule has 0 bridgehead atoms. The second-order valence-electron chi connectivity index (χ2n) is 3.88. The third-order valence-corrected chi connectivity index (χ3v) is 3.72. The van der Waals surface area contributed by atoms with Crippen LogP contribution in [0, 0.1) is 6.92 Å². The minimum atomic E-state index is 0.0358. The lowest BCUT2D eigenvalue weighted by Crippen LogP contribution is -2.03. The van der Waals surface area contributed by atoms with E-state index in [0.717, 1.165) is 4.88 Å². The van der Waals surface area contributed by atoms with Crippen LogP contribution in [-0.4, -0.2) is 0 Å². The number of thiophene rings is 1. The van der Waals surface area contributed by atoms with Crippen molar-refractivity contribution in [2.75, 3.05) is 0 Å². The quantitative estimate of drug-likeness (QED) is 0.649. The highest BCUT2D eigenvalue weighted by atomic mass is 32.1. The summed E-state index contributed by atoms with van der Waals surface area (Å²) in [4.78, 5) is 14.4. The molecule has 0 aliphatic rings. The molecule has 0 fully saturated rings. The van der Waals surface area contributed by atoms with E-state index < -0.39 is 0 Å². The molecular formula is C14H10O2S. The Morgan fingerprint density at radius 3 is 2.71 bits per heavy atom. The fourth-order valence-corrected chi connectivity index (χ4v) is 2.70. The van der Waals surface area contributed by atoms with Crippen LogP contribution in [0.15, 0.2) is 51.9 Å². The Bertz CT molecular complexity index is 737. The first kappa shape index (κ1) is 10.3. The molecule has 3 aromatic rings. The number of hydrogen-bond acceptors (Lipinski definition) is 3. The third kappa shape index (κ3) is 1.68. The highest BCUT2D eigenvalue weighted by Gasteiger charge is 2.09. The number of fused-ring (bicyclic) bond motifs is 1. The molecule has 0 radical (unpaired) electrons. The summed E-state index contributed by atoms with van der Waals surface area (Å²) in [6.45, 7) is 2.02. The minimum absolute atomic E-state index is 0.0358. The van der Waals surface area contributed by atoms with Gasteiger partial charge in [-0.25, -0.2) is 0 Å². The average molecular weight is 242 g/mol. The zero-order chi connectivity index (χ0) is 11.8. The average Bonchev–Trinajstić information content (AvgIpc) is 2.77.